The summed E-state index contributed by atoms with van der Waals surface area (Å²) >= 11 is 11.9. The largest absolute Gasteiger partial charge is 0.377 e. The van der Waals surface area contributed by atoms with E-state index in [-0.39, 0.29) is 12.0 Å². The van der Waals surface area contributed by atoms with E-state index in [4.69, 9.17) is 32.7 Å². The molecule has 29 heavy (non-hydrogen) atoms. The van der Waals surface area contributed by atoms with Crippen LogP contribution in [0.3, 0.4) is 0 Å². The van der Waals surface area contributed by atoms with E-state index in [0.29, 0.717) is 41.9 Å². The zero-order chi connectivity index (χ0) is 20.3. The van der Waals surface area contributed by atoms with Crippen LogP contribution in [-0.4, -0.2) is 60.4 Å². The first-order valence-electron chi connectivity index (χ1n) is 9.54. The van der Waals surface area contributed by atoms with Crippen molar-refractivity contribution in [3.63, 3.8) is 0 Å². The van der Waals surface area contributed by atoms with Gasteiger partial charge in [-0.25, -0.2) is 9.97 Å². The maximum Gasteiger partial charge on any atom is 0.251 e. The molecular weight excluding hydrogens is 415 g/mol. The minimum absolute atomic E-state index is 0.0735. The van der Waals surface area contributed by atoms with Gasteiger partial charge in [-0.3, -0.25) is 4.79 Å². The lowest BCUT2D eigenvalue weighted by Gasteiger charge is -2.32. The molecule has 2 saturated heterocycles. The van der Waals surface area contributed by atoms with Gasteiger partial charge in [0.25, 0.3) is 5.91 Å². The van der Waals surface area contributed by atoms with Gasteiger partial charge in [0.15, 0.2) is 0 Å². The Morgan fingerprint density at radius 3 is 3.00 bits per heavy atom. The highest BCUT2D eigenvalue weighted by Gasteiger charge is 2.43. The average molecular weight is 437 g/mol. The summed E-state index contributed by atoms with van der Waals surface area (Å²) < 4.78 is 12.2. The summed E-state index contributed by atoms with van der Waals surface area (Å²) in [6.07, 6.45) is 4.92. The lowest BCUT2D eigenvalue weighted by molar-refractivity contribution is -0.0749. The Labute approximate surface area is 179 Å². The average Bonchev–Trinajstić information content (AvgIpc) is 3.01. The molecule has 4 rings (SSSR count). The van der Waals surface area contributed by atoms with Gasteiger partial charge in [-0.05, 0) is 37.1 Å². The van der Waals surface area contributed by atoms with Crippen LogP contribution in [0, 0.1) is 0 Å². The fourth-order valence-electron chi connectivity index (χ4n) is 3.78. The predicted octanol–water partition coefficient (Wildman–Crippen LogP) is 2.97. The van der Waals surface area contributed by atoms with Crippen LogP contribution in [0.4, 0.5) is 5.82 Å². The Morgan fingerprint density at radius 1 is 1.31 bits per heavy atom. The molecule has 1 spiro atoms. The van der Waals surface area contributed by atoms with Crippen molar-refractivity contribution in [1.82, 2.24) is 15.3 Å². The van der Waals surface area contributed by atoms with E-state index >= 15 is 0 Å². The molecule has 2 aromatic rings. The molecule has 0 aliphatic carbocycles. The van der Waals surface area contributed by atoms with Gasteiger partial charge in [0.05, 0.1) is 35.9 Å². The molecule has 1 aromatic heterocycles. The summed E-state index contributed by atoms with van der Waals surface area (Å²) in [4.78, 5) is 22.9. The second-order valence-electron chi connectivity index (χ2n) is 7.34. The number of nitrogens with zero attached hydrogens (tertiary/aromatic N) is 3. The summed E-state index contributed by atoms with van der Waals surface area (Å²) in [6, 6.07) is 6.72. The molecule has 154 valence electrons. The molecule has 0 bridgehead atoms. The number of amides is 1. The predicted molar refractivity (Wildman–Crippen MR) is 111 cm³/mol. The van der Waals surface area contributed by atoms with E-state index in [1.165, 1.54) is 0 Å². The van der Waals surface area contributed by atoms with Crippen molar-refractivity contribution in [2.45, 2.75) is 24.5 Å². The van der Waals surface area contributed by atoms with Gasteiger partial charge >= 0.3 is 0 Å². The number of benzene rings is 1. The molecule has 2 fully saturated rings. The zero-order valence-corrected chi connectivity index (χ0v) is 17.3. The molecule has 2 aliphatic rings. The molecule has 1 N–H and O–H groups in total. The van der Waals surface area contributed by atoms with E-state index in [1.807, 2.05) is 6.07 Å². The molecule has 2 aliphatic heterocycles. The first kappa shape index (κ1) is 20.3. The molecule has 7 nitrogen and oxygen atoms in total. The number of carbonyl (C=O) groups excluding carboxylic acids is 1. The number of nitrogens with one attached hydrogen (secondary N) is 1. The highest BCUT2D eigenvalue weighted by molar-refractivity contribution is 6.42. The molecule has 1 amide bonds. The Hall–Kier alpha value is -1.93. The standard InChI is InChI=1S/C20H22Cl2N4O3/c21-16-2-1-14(9-17(16)22)19(27)24-10-15-3-5-20(29-15)11-26(7-8-28-12-20)18-4-6-23-13-25-18/h1-2,4,6,9,13,15H,3,5,7-8,10-12H2,(H,24,27)/t15-,20+/m1/s1. The summed E-state index contributed by atoms with van der Waals surface area (Å²) in [6.45, 7) is 3.02. The van der Waals surface area contributed by atoms with Gasteiger partial charge in [0.1, 0.15) is 17.7 Å². The van der Waals surface area contributed by atoms with Crippen LogP contribution in [0.15, 0.2) is 36.8 Å². The Balaban J connectivity index is 1.36. The molecule has 0 saturated carbocycles. The molecule has 9 heteroatoms. The smallest absolute Gasteiger partial charge is 0.251 e. The lowest BCUT2D eigenvalue weighted by atomic mass is 10.00. The van der Waals surface area contributed by atoms with Crippen LogP contribution in [0.25, 0.3) is 0 Å². The normalized spacial score (nSPS) is 24.5. The SMILES string of the molecule is O=C(NC[C@H]1CC[C@]2(COCCN(c3ccncn3)C2)O1)c1ccc(Cl)c(Cl)c1. The first-order chi connectivity index (χ1) is 14.0. The monoisotopic (exact) mass is 436 g/mol. The molecule has 1 aromatic carbocycles. The van der Waals surface area contributed by atoms with Gasteiger partial charge in [-0.2, -0.15) is 0 Å². The molecule has 3 heterocycles. The summed E-state index contributed by atoms with van der Waals surface area (Å²) in [5.41, 5.74) is 0.0697. The van der Waals surface area contributed by atoms with Crippen LogP contribution in [-0.2, 0) is 9.47 Å². The number of carbonyl (C=O) groups is 1. The van der Waals surface area contributed by atoms with Crippen LogP contribution in [0.1, 0.15) is 23.2 Å². The molecular formula is C20H22Cl2N4O3. The van der Waals surface area contributed by atoms with Gasteiger partial charge in [-0.15, -0.1) is 0 Å². The van der Waals surface area contributed by atoms with Gasteiger partial charge in [0.2, 0.25) is 0 Å². The molecule has 0 radical (unpaired) electrons. The van der Waals surface area contributed by atoms with E-state index < -0.39 is 5.60 Å². The fourth-order valence-corrected chi connectivity index (χ4v) is 4.08. The summed E-state index contributed by atoms with van der Waals surface area (Å²) in [5, 5.41) is 3.71. The summed E-state index contributed by atoms with van der Waals surface area (Å²) in [7, 11) is 0. The van der Waals surface area contributed by atoms with Crippen LogP contribution in [0.2, 0.25) is 10.0 Å². The number of aromatic nitrogens is 2. The second kappa shape index (κ2) is 8.83. The topological polar surface area (TPSA) is 76.6 Å². The number of hydrogen-bond acceptors (Lipinski definition) is 6. The highest BCUT2D eigenvalue weighted by Crippen LogP contribution is 2.34. The number of anilines is 1. The maximum atomic E-state index is 12.4. The van der Waals surface area contributed by atoms with Crippen LogP contribution < -0.4 is 10.2 Å². The third-order valence-electron chi connectivity index (χ3n) is 5.25. The highest BCUT2D eigenvalue weighted by atomic mass is 35.5. The Kier molecular flexibility index (Phi) is 6.20. The second-order valence-corrected chi connectivity index (χ2v) is 8.16. The van der Waals surface area contributed by atoms with E-state index in [1.54, 1.807) is 30.7 Å². The van der Waals surface area contributed by atoms with Crippen LogP contribution >= 0.6 is 23.2 Å². The van der Waals surface area contributed by atoms with E-state index in [0.717, 1.165) is 25.2 Å². The number of rotatable bonds is 4. The number of hydrogen-bond donors (Lipinski definition) is 1. The number of ether oxygens (including phenoxy) is 2. The lowest BCUT2D eigenvalue weighted by Crippen LogP contribution is -2.45. The third-order valence-corrected chi connectivity index (χ3v) is 5.99. The van der Waals surface area contributed by atoms with Gasteiger partial charge < -0.3 is 19.7 Å². The summed E-state index contributed by atoms with van der Waals surface area (Å²) in [5.74, 6) is 0.665. The maximum absolute atomic E-state index is 12.4. The van der Waals surface area contributed by atoms with Gasteiger partial charge in [-0.1, -0.05) is 23.2 Å². The first-order valence-corrected chi connectivity index (χ1v) is 10.3. The molecule has 0 unspecified atom stereocenters. The van der Waals surface area contributed by atoms with E-state index in [9.17, 15) is 4.79 Å². The van der Waals surface area contributed by atoms with E-state index in [2.05, 4.69) is 20.2 Å². The van der Waals surface area contributed by atoms with Crippen molar-refractivity contribution in [2.24, 2.45) is 0 Å². The Morgan fingerprint density at radius 2 is 2.21 bits per heavy atom. The van der Waals surface area contributed by atoms with Gasteiger partial charge in [0, 0.05) is 24.8 Å². The van der Waals surface area contributed by atoms with Crippen molar-refractivity contribution in [2.75, 3.05) is 37.7 Å². The Bertz CT molecular complexity index is 870. The van der Waals surface area contributed by atoms with Crippen LogP contribution in [0.5, 0.6) is 0 Å². The number of halogens is 2. The van der Waals surface area contributed by atoms with Crippen molar-refractivity contribution >= 4 is 34.9 Å². The zero-order valence-electron chi connectivity index (χ0n) is 15.8. The third kappa shape index (κ3) is 4.80. The quantitative estimate of drug-likeness (QED) is 0.793. The van der Waals surface area contributed by atoms with Crippen molar-refractivity contribution in [3.05, 3.63) is 52.4 Å². The fraction of sp³-hybridized carbons (Fsp3) is 0.450. The van der Waals surface area contributed by atoms with Crippen molar-refractivity contribution < 1.29 is 14.3 Å². The van der Waals surface area contributed by atoms with Crippen molar-refractivity contribution in [3.8, 4) is 0 Å². The minimum Gasteiger partial charge on any atom is -0.377 e. The molecule has 2 atom stereocenters. The van der Waals surface area contributed by atoms with Crippen molar-refractivity contribution in [1.29, 1.82) is 0 Å². The minimum atomic E-state index is -0.402.